The number of carbonyl (C=O) groups excluding carboxylic acids is 3. The molecule has 0 aromatic heterocycles. The van der Waals surface area contributed by atoms with Gasteiger partial charge in [-0.3, -0.25) is 14.5 Å². The van der Waals surface area contributed by atoms with Crippen LogP contribution < -0.4 is 5.73 Å². The predicted octanol–water partition coefficient (Wildman–Crippen LogP) is 5.90. The molecule has 3 atom stereocenters. The van der Waals surface area contributed by atoms with Crippen LogP contribution in [0.4, 0.5) is 18.0 Å². The molecule has 2 aromatic carbocycles. The van der Waals surface area contributed by atoms with Crippen LogP contribution in [0.15, 0.2) is 48.5 Å². The van der Waals surface area contributed by atoms with Crippen molar-refractivity contribution in [2.24, 2.45) is 11.7 Å². The van der Waals surface area contributed by atoms with Gasteiger partial charge in [0.25, 0.3) is 0 Å². The molecule has 0 bridgehead atoms. The zero-order chi connectivity index (χ0) is 32.6. The van der Waals surface area contributed by atoms with Crippen LogP contribution in [-0.4, -0.2) is 71.0 Å². The van der Waals surface area contributed by atoms with E-state index in [2.05, 4.69) is 0 Å². The van der Waals surface area contributed by atoms with Crippen LogP contribution in [0.25, 0.3) is 0 Å². The summed E-state index contributed by atoms with van der Waals surface area (Å²) < 4.78 is 45.9. The van der Waals surface area contributed by atoms with Crippen LogP contribution in [-0.2, 0) is 33.5 Å². The minimum Gasteiger partial charge on any atom is -0.444 e. The average molecular weight is 631 g/mol. The molecule has 4 rings (SSSR count). The van der Waals surface area contributed by atoms with Gasteiger partial charge in [0, 0.05) is 13.1 Å². The second-order valence-corrected chi connectivity index (χ2v) is 12.2. The van der Waals surface area contributed by atoms with Gasteiger partial charge in [-0.15, -0.1) is 0 Å². The summed E-state index contributed by atoms with van der Waals surface area (Å²) in [4.78, 5) is 46.4. The van der Waals surface area contributed by atoms with E-state index in [0.29, 0.717) is 50.8 Å². The molecule has 2 fully saturated rings. The molecule has 8 nitrogen and oxygen atoms in total. The summed E-state index contributed by atoms with van der Waals surface area (Å²) in [6.45, 7) is 4.48. The summed E-state index contributed by atoms with van der Waals surface area (Å²) in [5, 5.41) is 0. The van der Waals surface area contributed by atoms with Crippen LogP contribution >= 0.6 is 0 Å². The molecule has 2 aliphatic heterocycles. The van der Waals surface area contributed by atoms with Crippen molar-refractivity contribution in [3.8, 4) is 0 Å². The third-order valence-corrected chi connectivity index (χ3v) is 8.65. The van der Waals surface area contributed by atoms with E-state index in [1.807, 2.05) is 37.3 Å². The Morgan fingerprint density at radius 3 is 2.40 bits per heavy atom. The maximum Gasteiger partial charge on any atom is 0.416 e. The number of halogens is 3. The minimum atomic E-state index is -4.53. The number of carbonyl (C=O) groups is 3. The second-order valence-electron chi connectivity index (χ2n) is 12.2. The van der Waals surface area contributed by atoms with Crippen molar-refractivity contribution >= 4 is 17.9 Å². The number of aryl methyl sites for hydroxylation is 2. The molecule has 2 heterocycles. The first kappa shape index (κ1) is 34.3. The lowest BCUT2D eigenvalue weighted by Gasteiger charge is -2.53. The Bertz CT molecular complexity index is 1310. The number of unbranched alkanes of at least 4 members (excludes halogenated alkanes) is 2. The van der Waals surface area contributed by atoms with E-state index in [4.69, 9.17) is 10.5 Å². The number of hydrogen-bond acceptors (Lipinski definition) is 5. The quantitative estimate of drug-likeness (QED) is 0.278. The van der Waals surface area contributed by atoms with Crippen molar-refractivity contribution in [1.82, 2.24) is 14.7 Å². The van der Waals surface area contributed by atoms with E-state index in [0.717, 1.165) is 37.0 Å². The molecule has 2 N–H and O–H groups in total. The smallest absolute Gasteiger partial charge is 0.416 e. The summed E-state index contributed by atoms with van der Waals surface area (Å²) in [6, 6.07) is 12.8. The molecule has 2 saturated heterocycles. The fourth-order valence-electron chi connectivity index (χ4n) is 6.35. The Kier molecular flexibility index (Phi) is 11.9. The van der Waals surface area contributed by atoms with Crippen molar-refractivity contribution in [2.75, 3.05) is 26.2 Å². The molecule has 0 saturated carbocycles. The van der Waals surface area contributed by atoms with Crippen LogP contribution in [0, 0.1) is 12.8 Å². The standard InChI is InChI=1S/C34H45F3N4O4/c1-3-4-17-39-22-30-40(33(44)45-23-26-18-24(2)19-28(20-26)34(35,36)37)21-27(14-10-13-25-11-6-5-7-12-25)31(42)41(30)29(32(39)43)15-8-9-16-38/h5-7,11-12,18-20,27,29-30H,3-4,8-10,13-17,21-23,38H2,1-2H3/t27-,29+,30-/m1/s1. The highest BCUT2D eigenvalue weighted by Gasteiger charge is 2.51. The number of benzene rings is 2. The van der Waals surface area contributed by atoms with Crippen molar-refractivity contribution in [3.05, 3.63) is 70.8 Å². The third kappa shape index (κ3) is 8.77. The fourth-order valence-corrected chi connectivity index (χ4v) is 6.35. The number of piperazine rings is 1. The predicted molar refractivity (Wildman–Crippen MR) is 165 cm³/mol. The maximum absolute atomic E-state index is 14.1. The Morgan fingerprint density at radius 1 is 0.956 bits per heavy atom. The summed E-state index contributed by atoms with van der Waals surface area (Å²) in [5.41, 5.74) is 6.70. The minimum absolute atomic E-state index is 0.112. The highest BCUT2D eigenvalue weighted by molar-refractivity contribution is 5.91. The lowest BCUT2D eigenvalue weighted by molar-refractivity contribution is -0.173. The van der Waals surface area contributed by atoms with E-state index >= 15 is 0 Å². The second kappa shape index (κ2) is 15.6. The number of nitrogens with two attached hydrogens (primary N) is 1. The molecular formula is C34H45F3N4O4. The number of ether oxygens (including phenoxy) is 1. The van der Waals surface area contributed by atoms with Crippen molar-refractivity contribution in [2.45, 2.75) is 90.2 Å². The van der Waals surface area contributed by atoms with Gasteiger partial charge in [-0.2, -0.15) is 13.2 Å². The zero-order valence-corrected chi connectivity index (χ0v) is 26.2. The molecule has 45 heavy (non-hydrogen) atoms. The summed E-state index contributed by atoms with van der Waals surface area (Å²) >= 11 is 0. The van der Waals surface area contributed by atoms with Gasteiger partial charge < -0.3 is 20.3 Å². The maximum atomic E-state index is 14.1. The van der Waals surface area contributed by atoms with E-state index < -0.39 is 36.0 Å². The van der Waals surface area contributed by atoms with Crippen molar-refractivity contribution < 1.29 is 32.3 Å². The van der Waals surface area contributed by atoms with Crippen molar-refractivity contribution in [3.63, 3.8) is 0 Å². The number of nitrogens with zero attached hydrogens (tertiary/aromatic N) is 3. The van der Waals surface area contributed by atoms with Gasteiger partial charge in [0.2, 0.25) is 11.8 Å². The highest BCUT2D eigenvalue weighted by atomic mass is 19.4. The normalized spacial score (nSPS) is 20.4. The van der Waals surface area contributed by atoms with Gasteiger partial charge in [0.15, 0.2) is 0 Å². The lowest BCUT2D eigenvalue weighted by Crippen LogP contribution is -2.73. The molecule has 2 aromatic rings. The van der Waals surface area contributed by atoms with Crippen molar-refractivity contribution in [1.29, 1.82) is 0 Å². The number of alkyl halides is 3. The molecule has 0 aliphatic carbocycles. The molecular weight excluding hydrogens is 585 g/mol. The topological polar surface area (TPSA) is 96.2 Å². The monoisotopic (exact) mass is 630 g/mol. The SMILES string of the molecule is CCCCN1C[C@@H]2N(C(=O)OCc3cc(C)cc(C(F)(F)F)c3)C[C@@H](CCCc3ccccc3)C(=O)N2[C@@H](CCCCN)C1=O. The molecule has 246 valence electrons. The Labute approximate surface area is 263 Å². The molecule has 0 radical (unpaired) electrons. The summed E-state index contributed by atoms with van der Waals surface area (Å²) in [6.07, 6.45) is -0.540. The summed E-state index contributed by atoms with van der Waals surface area (Å²) in [5.74, 6) is -0.810. The zero-order valence-electron chi connectivity index (χ0n) is 26.2. The molecule has 3 amide bonds. The number of rotatable bonds is 13. The molecule has 0 spiro atoms. The van der Waals surface area contributed by atoms with Crippen LogP contribution in [0.5, 0.6) is 0 Å². The number of hydrogen-bond donors (Lipinski definition) is 1. The fraction of sp³-hybridized carbons (Fsp3) is 0.559. The van der Waals surface area contributed by atoms with E-state index in [1.54, 1.807) is 22.8 Å². The van der Waals surface area contributed by atoms with Crippen LogP contribution in [0.1, 0.15) is 74.1 Å². The highest BCUT2D eigenvalue weighted by Crippen LogP contribution is 2.34. The lowest BCUT2D eigenvalue weighted by atomic mass is 9.91. The van der Waals surface area contributed by atoms with Gasteiger partial charge in [0.05, 0.1) is 18.0 Å². The number of amides is 3. The van der Waals surface area contributed by atoms with Gasteiger partial charge in [-0.05, 0) is 81.7 Å². The van der Waals surface area contributed by atoms with E-state index in [1.165, 1.54) is 4.90 Å². The molecule has 11 heteroatoms. The largest absolute Gasteiger partial charge is 0.444 e. The summed E-state index contributed by atoms with van der Waals surface area (Å²) in [7, 11) is 0. The van der Waals surface area contributed by atoms with Crippen LogP contribution in [0.3, 0.4) is 0 Å². The van der Waals surface area contributed by atoms with Crippen LogP contribution in [0.2, 0.25) is 0 Å². The Morgan fingerprint density at radius 2 is 1.71 bits per heavy atom. The Hall–Kier alpha value is -3.60. The first-order valence-corrected chi connectivity index (χ1v) is 16.0. The first-order valence-electron chi connectivity index (χ1n) is 16.0. The first-order chi connectivity index (χ1) is 21.5. The van der Waals surface area contributed by atoms with Gasteiger partial charge >= 0.3 is 12.3 Å². The average Bonchev–Trinajstić information content (AvgIpc) is 3.01. The van der Waals surface area contributed by atoms with E-state index in [-0.39, 0.29) is 37.1 Å². The number of fused-ring (bicyclic) bond motifs is 1. The van der Waals surface area contributed by atoms with Gasteiger partial charge in [0.1, 0.15) is 18.8 Å². The van der Waals surface area contributed by atoms with Gasteiger partial charge in [-0.1, -0.05) is 55.3 Å². The third-order valence-electron chi connectivity index (χ3n) is 8.65. The molecule has 2 aliphatic rings. The Balaban J connectivity index is 1.59. The van der Waals surface area contributed by atoms with Gasteiger partial charge in [-0.25, -0.2) is 4.79 Å². The molecule has 0 unspecified atom stereocenters. The van der Waals surface area contributed by atoms with E-state index in [9.17, 15) is 27.6 Å².